The Kier molecular flexibility index (Phi) is 37.2. The molecule has 0 saturated carbocycles. The first-order valence-corrected chi connectivity index (χ1v) is 15.8. The lowest BCUT2D eigenvalue weighted by atomic mass is 10.0. The zero-order valence-corrected chi connectivity index (χ0v) is 29.5. The van der Waals surface area contributed by atoms with Crippen LogP contribution < -0.4 is 0 Å². The van der Waals surface area contributed by atoms with Crippen molar-refractivity contribution in [2.24, 2.45) is 11.8 Å². The molecule has 0 heteroatoms. The van der Waals surface area contributed by atoms with Crippen LogP contribution in [-0.4, -0.2) is 0 Å². The molecule has 0 bridgehead atoms. The average Bonchev–Trinajstić information content (AvgIpc) is 2.88. The summed E-state index contributed by atoms with van der Waals surface area (Å²) >= 11 is 0. The SMILES string of the molecule is C/C=C(\C)CCC=C(C)C.C=C(CC)CCC=C(C)C.C=CC(=C)CCCC(C)C.C=CC(C)CCC=C(C)C. The molecule has 0 fully saturated rings. The molecule has 0 aliphatic carbocycles. The van der Waals surface area contributed by atoms with Crippen molar-refractivity contribution in [2.75, 3.05) is 0 Å². The van der Waals surface area contributed by atoms with Crippen LogP contribution in [0.25, 0.3) is 0 Å². The normalized spacial score (nSPS) is 10.7. The standard InChI is InChI=1S/4C10H18/c4*1-5-10(4)8-6-7-9(2)3/h5,7H,6,8H2,1-4H3;7H,4-6,8H2,1-3H3;5,7,10H,1,6,8H2,2-4H3;5,9H,1,4,6-8H2,2-3H3/b10-5+;;;. The Morgan fingerprint density at radius 1 is 0.675 bits per heavy atom. The summed E-state index contributed by atoms with van der Waals surface area (Å²) in [5.74, 6) is 1.48. The Morgan fingerprint density at radius 3 is 1.52 bits per heavy atom. The van der Waals surface area contributed by atoms with E-state index in [0.29, 0.717) is 5.92 Å². The van der Waals surface area contributed by atoms with Crippen molar-refractivity contribution >= 4 is 0 Å². The van der Waals surface area contributed by atoms with Crippen LogP contribution in [0.15, 0.2) is 96.2 Å². The third-order valence-corrected chi connectivity index (χ3v) is 6.28. The largest absolute Gasteiger partial charge is 0.103 e. The smallest absolute Gasteiger partial charge is 0.0262 e. The van der Waals surface area contributed by atoms with Crippen molar-refractivity contribution in [1.82, 2.24) is 0 Å². The van der Waals surface area contributed by atoms with E-state index in [1.807, 2.05) is 12.2 Å². The average molecular weight is 553 g/mol. The Bertz CT molecular complexity index is 748. The molecule has 1 unspecified atom stereocenters. The first-order chi connectivity index (χ1) is 18.7. The minimum absolute atomic E-state index is 0.663. The molecule has 232 valence electrons. The first kappa shape index (κ1) is 44.9. The van der Waals surface area contributed by atoms with Gasteiger partial charge in [0.15, 0.2) is 0 Å². The van der Waals surface area contributed by atoms with Gasteiger partial charge >= 0.3 is 0 Å². The van der Waals surface area contributed by atoms with E-state index in [1.165, 1.54) is 72.0 Å². The minimum atomic E-state index is 0.663. The molecule has 0 aliphatic rings. The topological polar surface area (TPSA) is 0 Å². The van der Waals surface area contributed by atoms with Crippen LogP contribution >= 0.6 is 0 Å². The molecule has 0 aromatic carbocycles. The summed E-state index contributed by atoms with van der Waals surface area (Å²) in [6, 6.07) is 0. The summed E-state index contributed by atoms with van der Waals surface area (Å²) in [5, 5.41) is 0. The fourth-order valence-corrected chi connectivity index (χ4v) is 3.07. The molecule has 0 heterocycles. The van der Waals surface area contributed by atoms with E-state index in [4.69, 9.17) is 0 Å². The molecule has 0 radical (unpaired) electrons. The van der Waals surface area contributed by atoms with Gasteiger partial charge in [0.2, 0.25) is 0 Å². The lowest BCUT2D eigenvalue weighted by molar-refractivity contribution is 0.557. The monoisotopic (exact) mass is 553 g/mol. The summed E-state index contributed by atoms with van der Waals surface area (Å²) in [4.78, 5) is 0. The maximum atomic E-state index is 3.94. The van der Waals surface area contributed by atoms with Gasteiger partial charge in [-0.05, 0) is 125 Å². The predicted octanol–water partition coefficient (Wildman–Crippen LogP) is 14.5. The summed E-state index contributed by atoms with van der Waals surface area (Å²) in [6.45, 7) is 41.1. The van der Waals surface area contributed by atoms with Crippen LogP contribution in [-0.2, 0) is 0 Å². The van der Waals surface area contributed by atoms with Crippen LogP contribution in [0, 0.1) is 11.8 Å². The summed E-state index contributed by atoms with van der Waals surface area (Å²) in [6.07, 6.45) is 24.8. The third kappa shape index (κ3) is 48.9. The second-order valence-corrected chi connectivity index (χ2v) is 12.1. The van der Waals surface area contributed by atoms with E-state index in [1.54, 1.807) is 0 Å². The van der Waals surface area contributed by atoms with Gasteiger partial charge < -0.3 is 0 Å². The second kappa shape index (κ2) is 33.1. The molecule has 40 heavy (non-hydrogen) atoms. The highest BCUT2D eigenvalue weighted by Gasteiger charge is 1.94. The molecule has 0 aliphatic heterocycles. The van der Waals surface area contributed by atoms with Crippen molar-refractivity contribution in [2.45, 2.75) is 147 Å². The van der Waals surface area contributed by atoms with Gasteiger partial charge in [-0.1, -0.05) is 124 Å². The molecule has 0 N–H and O–H groups in total. The highest BCUT2D eigenvalue weighted by atomic mass is 14.0. The molecule has 0 amide bonds. The third-order valence-electron chi connectivity index (χ3n) is 6.28. The van der Waals surface area contributed by atoms with Crippen molar-refractivity contribution in [3.63, 3.8) is 0 Å². The number of allylic oxidation sites excluding steroid dienone is 12. The number of hydrogen-bond acceptors (Lipinski definition) is 0. The van der Waals surface area contributed by atoms with Crippen LogP contribution in [0.1, 0.15) is 147 Å². The highest BCUT2D eigenvalue weighted by molar-refractivity contribution is 5.10. The van der Waals surface area contributed by atoms with Crippen molar-refractivity contribution in [3.8, 4) is 0 Å². The number of rotatable bonds is 16. The van der Waals surface area contributed by atoms with Crippen LogP contribution in [0.5, 0.6) is 0 Å². The molecule has 0 aromatic rings. The van der Waals surface area contributed by atoms with E-state index < -0.39 is 0 Å². The first-order valence-electron chi connectivity index (χ1n) is 15.8. The van der Waals surface area contributed by atoms with Crippen molar-refractivity contribution in [1.29, 1.82) is 0 Å². The predicted molar refractivity (Wildman–Crippen MR) is 192 cm³/mol. The van der Waals surface area contributed by atoms with Gasteiger partial charge in [0.05, 0.1) is 0 Å². The minimum Gasteiger partial charge on any atom is -0.103 e. The summed E-state index contributed by atoms with van der Waals surface area (Å²) in [7, 11) is 0. The maximum absolute atomic E-state index is 3.94. The van der Waals surface area contributed by atoms with E-state index in [-0.39, 0.29) is 0 Å². The molecule has 0 aromatic heterocycles. The zero-order valence-electron chi connectivity index (χ0n) is 29.5. The summed E-state index contributed by atoms with van der Waals surface area (Å²) in [5.41, 5.74) is 8.25. The van der Waals surface area contributed by atoms with Gasteiger partial charge in [0, 0.05) is 0 Å². The lowest BCUT2D eigenvalue weighted by Gasteiger charge is -2.02. The van der Waals surface area contributed by atoms with Gasteiger partial charge in [-0.25, -0.2) is 0 Å². The number of hydrogen-bond donors (Lipinski definition) is 0. The van der Waals surface area contributed by atoms with E-state index in [2.05, 4.69) is 134 Å². The van der Waals surface area contributed by atoms with E-state index in [9.17, 15) is 0 Å². The maximum Gasteiger partial charge on any atom is -0.0262 e. The fourth-order valence-electron chi connectivity index (χ4n) is 3.07. The van der Waals surface area contributed by atoms with E-state index >= 15 is 0 Å². The van der Waals surface area contributed by atoms with Gasteiger partial charge in [-0.15, -0.1) is 6.58 Å². The molecular formula is C40H72. The van der Waals surface area contributed by atoms with Crippen LogP contribution in [0.2, 0.25) is 0 Å². The van der Waals surface area contributed by atoms with Crippen LogP contribution in [0.3, 0.4) is 0 Å². The molecule has 0 spiro atoms. The molecule has 0 rings (SSSR count). The van der Waals surface area contributed by atoms with Gasteiger partial charge in [0.25, 0.3) is 0 Å². The van der Waals surface area contributed by atoms with Crippen LogP contribution in [0.4, 0.5) is 0 Å². The molecule has 1 atom stereocenters. The van der Waals surface area contributed by atoms with Crippen molar-refractivity contribution in [3.05, 3.63) is 96.2 Å². The Labute approximate surface area is 254 Å². The Hall–Kier alpha value is -2.08. The van der Waals surface area contributed by atoms with E-state index in [0.717, 1.165) is 31.6 Å². The Morgan fingerprint density at radius 2 is 1.15 bits per heavy atom. The fraction of sp³-hybridized carbons (Fsp3) is 0.600. The molecule has 0 nitrogen and oxygen atoms in total. The zero-order chi connectivity index (χ0) is 31.9. The Balaban J connectivity index is -0.000000216. The van der Waals surface area contributed by atoms with Gasteiger partial charge in [-0.3, -0.25) is 0 Å². The van der Waals surface area contributed by atoms with Gasteiger partial charge in [0.1, 0.15) is 0 Å². The quantitative estimate of drug-likeness (QED) is 0.132. The molecular weight excluding hydrogens is 480 g/mol. The summed E-state index contributed by atoms with van der Waals surface area (Å²) < 4.78 is 0. The van der Waals surface area contributed by atoms with Crippen molar-refractivity contribution < 1.29 is 0 Å². The van der Waals surface area contributed by atoms with Gasteiger partial charge in [-0.2, -0.15) is 0 Å². The lowest BCUT2D eigenvalue weighted by Crippen LogP contribution is -1.86. The highest BCUT2D eigenvalue weighted by Crippen LogP contribution is 2.11. The second-order valence-electron chi connectivity index (χ2n) is 12.1. The molecule has 0 saturated heterocycles.